The van der Waals surface area contributed by atoms with E-state index in [0.717, 1.165) is 17.2 Å². The highest BCUT2D eigenvalue weighted by molar-refractivity contribution is 7.08. The monoisotopic (exact) mass is 319 g/mol. The molecule has 22 heavy (non-hydrogen) atoms. The summed E-state index contributed by atoms with van der Waals surface area (Å²) < 4.78 is 14.3. The Morgan fingerprint density at radius 2 is 1.82 bits per heavy atom. The number of thiophene rings is 1. The highest BCUT2D eigenvalue weighted by Crippen LogP contribution is 2.36. The number of nitrogens with zero attached hydrogens (tertiary/aromatic N) is 3. The molecule has 0 aromatic carbocycles. The van der Waals surface area contributed by atoms with Crippen molar-refractivity contribution < 1.29 is 9.31 Å². The molecule has 7 heteroatoms. The standard InChI is InChI=1S/C15H22BN3O2S/c1-14(2)15(3,4)21-16(20-14)12-9-19(11-7-8-22-10-11)13(17-12)18(5)6/h7-10H,1-6H3. The molecule has 0 spiro atoms. The quantitative estimate of drug-likeness (QED) is 0.814. The lowest BCUT2D eigenvalue weighted by molar-refractivity contribution is 0.00578. The molecule has 0 atom stereocenters. The van der Waals surface area contributed by atoms with Crippen molar-refractivity contribution in [3.05, 3.63) is 23.0 Å². The van der Waals surface area contributed by atoms with Crippen molar-refractivity contribution in [1.29, 1.82) is 0 Å². The number of imidazole rings is 1. The molecular weight excluding hydrogens is 297 g/mol. The van der Waals surface area contributed by atoms with Gasteiger partial charge in [-0.05, 0) is 39.1 Å². The second kappa shape index (κ2) is 5.11. The van der Waals surface area contributed by atoms with Gasteiger partial charge in [-0.2, -0.15) is 11.3 Å². The van der Waals surface area contributed by atoms with Gasteiger partial charge in [-0.15, -0.1) is 0 Å². The van der Waals surface area contributed by atoms with Crippen LogP contribution in [0.3, 0.4) is 0 Å². The second-order valence-electron chi connectivity index (χ2n) is 6.80. The van der Waals surface area contributed by atoms with Crippen LogP contribution in [-0.2, 0) is 9.31 Å². The molecule has 1 aliphatic rings. The van der Waals surface area contributed by atoms with Crippen molar-refractivity contribution in [3.63, 3.8) is 0 Å². The van der Waals surface area contributed by atoms with Gasteiger partial charge in [0.1, 0.15) is 0 Å². The smallest absolute Gasteiger partial charge is 0.398 e. The molecule has 0 saturated carbocycles. The van der Waals surface area contributed by atoms with E-state index in [1.54, 1.807) is 11.3 Å². The predicted octanol–water partition coefficient (Wildman–Crippen LogP) is 2.30. The average Bonchev–Trinajstić information content (AvgIpc) is 3.09. The van der Waals surface area contributed by atoms with Crippen molar-refractivity contribution in [1.82, 2.24) is 9.55 Å². The van der Waals surface area contributed by atoms with Crippen LogP contribution in [0.2, 0.25) is 0 Å². The SMILES string of the molecule is CN(C)c1nc(B2OC(C)(C)C(C)(C)O2)cn1-c1ccsc1. The Hall–Kier alpha value is -1.31. The van der Waals surface area contributed by atoms with Crippen LogP contribution in [0.25, 0.3) is 5.69 Å². The predicted molar refractivity (Wildman–Crippen MR) is 91.5 cm³/mol. The van der Waals surface area contributed by atoms with E-state index < -0.39 is 7.12 Å². The molecule has 0 bridgehead atoms. The summed E-state index contributed by atoms with van der Waals surface area (Å²) in [6.45, 7) is 8.21. The van der Waals surface area contributed by atoms with E-state index in [0.29, 0.717) is 0 Å². The largest absolute Gasteiger partial charge is 0.516 e. The van der Waals surface area contributed by atoms with Crippen LogP contribution < -0.4 is 10.5 Å². The van der Waals surface area contributed by atoms with E-state index in [1.165, 1.54) is 0 Å². The average molecular weight is 319 g/mol. The van der Waals surface area contributed by atoms with Crippen molar-refractivity contribution in [2.24, 2.45) is 0 Å². The summed E-state index contributed by atoms with van der Waals surface area (Å²) in [4.78, 5) is 6.71. The van der Waals surface area contributed by atoms with Crippen LogP contribution >= 0.6 is 11.3 Å². The molecule has 2 aromatic heterocycles. The highest BCUT2D eigenvalue weighted by atomic mass is 32.1. The Morgan fingerprint density at radius 1 is 1.18 bits per heavy atom. The van der Waals surface area contributed by atoms with Crippen LogP contribution in [0, 0.1) is 0 Å². The van der Waals surface area contributed by atoms with Crippen LogP contribution in [0.1, 0.15) is 27.7 Å². The van der Waals surface area contributed by atoms with E-state index in [1.807, 2.05) is 25.2 Å². The van der Waals surface area contributed by atoms with Crippen LogP contribution in [-0.4, -0.2) is 42.0 Å². The van der Waals surface area contributed by atoms with Crippen molar-refractivity contribution in [2.45, 2.75) is 38.9 Å². The Labute approximate surface area is 136 Å². The molecule has 0 N–H and O–H groups in total. The lowest BCUT2D eigenvalue weighted by Crippen LogP contribution is -2.41. The Bertz CT molecular complexity index is 648. The lowest BCUT2D eigenvalue weighted by Gasteiger charge is -2.32. The van der Waals surface area contributed by atoms with E-state index in [2.05, 4.69) is 49.1 Å². The van der Waals surface area contributed by atoms with Gasteiger partial charge in [-0.3, -0.25) is 4.57 Å². The topological polar surface area (TPSA) is 39.5 Å². The third-order valence-corrected chi connectivity index (χ3v) is 5.06. The van der Waals surface area contributed by atoms with Gasteiger partial charge < -0.3 is 14.2 Å². The van der Waals surface area contributed by atoms with Gasteiger partial charge in [0.25, 0.3) is 0 Å². The molecular formula is C15H22BN3O2S. The molecule has 1 fully saturated rings. The molecule has 1 saturated heterocycles. The van der Waals surface area contributed by atoms with Gasteiger partial charge in [-0.25, -0.2) is 4.98 Å². The fourth-order valence-corrected chi connectivity index (χ4v) is 2.99. The van der Waals surface area contributed by atoms with Crippen LogP contribution in [0.15, 0.2) is 23.0 Å². The summed E-state index contributed by atoms with van der Waals surface area (Å²) in [6.07, 6.45) is 2.00. The molecule has 1 aliphatic heterocycles. The normalized spacial score (nSPS) is 19.6. The Morgan fingerprint density at radius 3 is 2.32 bits per heavy atom. The number of anilines is 1. The summed E-state index contributed by atoms with van der Waals surface area (Å²) in [5, 5.41) is 4.16. The molecule has 0 unspecified atom stereocenters. The van der Waals surface area contributed by atoms with Gasteiger partial charge in [0.2, 0.25) is 5.95 Å². The second-order valence-corrected chi connectivity index (χ2v) is 7.58. The zero-order valence-electron chi connectivity index (χ0n) is 14.0. The van der Waals surface area contributed by atoms with Gasteiger partial charge in [0.15, 0.2) is 0 Å². The van der Waals surface area contributed by atoms with Crippen LogP contribution in [0.5, 0.6) is 0 Å². The summed E-state index contributed by atoms with van der Waals surface area (Å²) in [7, 11) is 3.53. The minimum Gasteiger partial charge on any atom is -0.398 e. The molecule has 3 heterocycles. The molecule has 118 valence electrons. The number of aromatic nitrogens is 2. The third kappa shape index (κ3) is 2.47. The lowest BCUT2D eigenvalue weighted by atomic mass is 9.86. The number of hydrogen-bond acceptors (Lipinski definition) is 5. The maximum Gasteiger partial charge on any atom is 0.516 e. The maximum absolute atomic E-state index is 6.10. The minimum atomic E-state index is -0.441. The highest BCUT2D eigenvalue weighted by Gasteiger charge is 2.52. The Kier molecular flexibility index (Phi) is 3.62. The van der Waals surface area contributed by atoms with Crippen molar-refractivity contribution in [3.8, 4) is 5.69 Å². The van der Waals surface area contributed by atoms with Gasteiger partial charge in [0.05, 0.1) is 22.5 Å². The molecule has 5 nitrogen and oxygen atoms in total. The molecule has 2 aromatic rings. The minimum absolute atomic E-state index is 0.359. The molecule has 0 radical (unpaired) electrons. The van der Waals surface area contributed by atoms with Crippen LogP contribution in [0.4, 0.5) is 5.95 Å². The number of rotatable bonds is 3. The fourth-order valence-electron chi connectivity index (χ4n) is 2.37. The number of hydrogen-bond donors (Lipinski definition) is 0. The van der Waals surface area contributed by atoms with Gasteiger partial charge in [-0.1, -0.05) is 0 Å². The first kappa shape index (κ1) is 15.6. The summed E-state index contributed by atoms with van der Waals surface area (Å²) in [6, 6.07) is 2.08. The van der Waals surface area contributed by atoms with Gasteiger partial charge in [0, 0.05) is 25.7 Å². The summed E-state index contributed by atoms with van der Waals surface area (Å²) in [5.41, 5.74) is 1.18. The first-order valence-corrected chi connectivity index (χ1v) is 8.30. The Balaban J connectivity index is 1.98. The van der Waals surface area contributed by atoms with Crippen molar-refractivity contribution >= 4 is 30.0 Å². The molecule has 0 amide bonds. The van der Waals surface area contributed by atoms with Gasteiger partial charge >= 0.3 is 7.12 Å². The zero-order chi connectivity index (χ0) is 16.1. The van der Waals surface area contributed by atoms with E-state index in [9.17, 15) is 0 Å². The van der Waals surface area contributed by atoms with E-state index in [4.69, 9.17) is 14.3 Å². The third-order valence-electron chi connectivity index (χ3n) is 4.39. The molecule has 0 aliphatic carbocycles. The maximum atomic E-state index is 6.10. The summed E-state index contributed by atoms with van der Waals surface area (Å²) in [5.74, 6) is 0.864. The first-order valence-electron chi connectivity index (χ1n) is 7.36. The zero-order valence-corrected chi connectivity index (χ0v) is 14.8. The van der Waals surface area contributed by atoms with E-state index >= 15 is 0 Å². The fraction of sp³-hybridized carbons (Fsp3) is 0.533. The molecule has 3 rings (SSSR count). The van der Waals surface area contributed by atoms with E-state index in [-0.39, 0.29) is 11.2 Å². The first-order chi connectivity index (χ1) is 10.2. The van der Waals surface area contributed by atoms with Crippen molar-refractivity contribution in [2.75, 3.05) is 19.0 Å². The summed E-state index contributed by atoms with van der Waals surface area (Å²) >= 11 is 1.67.